The number of carbonyl (C=O) groups is 2. The molecule has 2 aliphatic rings. The molecule has 1 amide bonds. The quantitative estimate of drug-likeness (QED) is 0.180. The molecule has 2 unspecified atom stereocenters. The fourth-order valence-electron chi connectivity index (χ4n) is 5.12. The highest BCUT2D eigenvalue weighted by atomic mass is 32.2. The number of hydrogen-bond donors (Lipinski definition) is 5. The Bertz CT molecular complexity index is 1200. The van der Waals surface area contributed by atoms with Crippen LogP contribution in [-0.2, 0) is 24.8 Å². The second-order valence-electron chi connectivity index (χ2n) is 9.82. The normalized spacial score (nSPS) is 32.7. The third-order valence-corrected chi connectivity index (χ3v) is 8.31. The van der Waals surface area contributed by atoms with Gasteiger partial charge in [0.15, 0.2) is 4.93 Å². The van der Waals surface area contributed by atoms with Crippen molar-refractivity contribution in [3.8, 4) is 0 Å². The largest absolute Gasteiger partial charge is 0.445 e. The summed E-state index contributed by atoms with van der Waals surface area (Å²) in [7, 11) is 0. The van der Waals surface area contributed by atoms with E-state index in [0.717, 1.165) is 10.5 Å². The summed E-state index contributed by atoms with van der Waals surface area (Å²) in [5.41, 5.74) is 1.67. The number of aryl methyl sites for hydroxylation is 1. The monoisotopic (exact) mass is 559 g/mol. The van der Waals surface area contributed by atoms with Gasteiger partial charge in [0.2, 0.25) is 11.7 Å². The highest BCUT2D eigenvalue weighted by Crippen LogP contribution is 2.53. The van der Waals surface area contributed by atoms with Crippen LogP contribution in [0.15, 0.2) is 66.1 Å². The maximum atomic E-state index is 13.2. The molecule has 2 saturated heterocycles. The average molecular weight is 560 g/mol. The van der Waals surface area contributed by atoms with Gasteiger partial charge in [-0.1, -0.05) is 59.8 Å². The predicted octanol–water partition coefficient (Wildman–Crippen LogP) is 1.13. The number of nitrogens with zero attached hydrogens (tertiary/aromatic N) is 1. The molecule has 5 N–H and O–H groups in total. The number of likely N-dealkylation sites (tertiary alicyclic amines) is 1. The van der Waals surface area contributed by atoms with Crippen LogP contribution in [0, 0.1) is 6.92 Å². The van der Waals surface area contributed by atoms with Crippen molar-refractivity contribution < 1.29 is 44.6 Å². The highest BCUT2D eigenvalue weighted by Gasteiger charge is 2.57. The summed E-state index contributed by atoms with van der Waals surface area (Å²) in [4.78, 5) is 26.6. The SMILES string of the molecule is C=CCN1C(=O)CC(OC(C)=O)(Sc2ccc(C)cc2)C1c1ccc([C@@]2(O)O[C@H](CO)[C@@H](O)[C@@H](O)[C@H]2O)cc1. The van der Waals surface area contributed by atoms with Crippen molar-refractivity contribution >= 4 is 23.6 Å². The van der Waals surface area contributed by atoms with Gasteiger partial charge in [-0.05, 0) is 24.6 Å². The van der Waals surface area contributed by atoms with E-state index in [0.29, 0.717) is 5.56 Å². The van der Waals surface area contributed by atoms with Gasteiger partial charge in [0.1, 0.15) is 30.5 Å². The van der Waals surface area contributed by atoms with Crippen molar-refractivity contribution in [3.05, 3.63) is 77.9 Å². The minimum atomic E-state index is -2.43. The zero-order chi connectivity index (χ0) is 28.5. The maximum Gasteiger partial charge on any atom is 0.304 e. The van der Waals surface area contributed by atoms with E-state index >= 15 is 0 Å². The summed E-state index contributed by atoms with van der Waals surface area (Å²) < 4.78 is 11.3. The molecule has 2 aromatic rings. The Balaban J connectivity index is 1.76. The third kappa shape index (κ3) is 5.48. The first-order valence-electron chi connectivity index (χ1n) is 12.5. The molecule has 11 heteroatoms. The van der Waals surface area contributed by atoms with Gasteiger partial charge in [0, 0.05) is 23.9 Å². The van der Waals surface area contributed by atoms with Crippen LogP contribution in [0.2, 0.25) is 0 Å². The third-order valence-electron chi connectivity index (χ3n) is 7.01. The molecule has 0 aliphatic carbocycles. The molecule has 0 spiro atoms. The molecule has 2 fully saturated rings. The molecule has 2 aromatic carbocycles. The van der Waals surface area contributed by atoms with Gasteiger partial charge in [0.25, 0.3) is 0 Å². The Morgan fingerprint density at radius 3 is 2.36 bits per heavy atom. The molecule has 0 aromatic heterocycles. The predicted molar refractivity (Wildman–Crippen MR) is 141 cm³/mol. The van der Waals surface area contributed by atoms with Crippen LogP contribution in [0.4, 0.5) is 0 Å². The fraction of sp³-hybridized carbons (Fsp3) is 0.429. The van der Waals surface area contributed by atoms with Crippen LogP contribution in [0.1, 0.15) is 36.1 Å². The topological polar surface area (TPSA) is 157 Å². The van der Waals surface area contributed by atoms with Gasteiger partial charge in [-0.3, -0.25) is 9.59 Å². The number of ether oxygens (including phenoxy) is 2. The van der Waals surface area contributed by atoms with Gasteiger partial charge in [0.05, 0.1) is 13.0 Å². The van der Waals surface area contributed by atoms with Gasteiger partial charge >= 0.3 is 5.97 Å². The lowest BCUT2D eigenvalue weighted by Crippen LogP contribution is -2.63. The second-order valence-corrected chi connectivity index (χ2v) is 11.2. The number of hydrogen-bond acceptors (Lipinski definition) is 10. The van der Waals surface area contributed by atoms with Crippen molar-refractivity contribution in [3.63, 3.8) is 0 Å². The standard InChI is InChI=1S/C28H33NO9S/c1-4-13-29-22(32)14-27(37-17(3)31,39-20-11-5-16(2)6-12-20)25(29)18-7-9-19(10-8-18)28(36)26(35)24(34)23(33)21(15-30)38-28/h4-12,21,23-26,30,33-36H,1,13-15H2,2-3H3/t21-,23-,24-,25?,26-,27?,28-/m1/s1. The fourth-order valence-corrected chi connectivity index (χ4v) is 6.52. The number of esters is 1. The van der Waals surface area contributed by atoms with E-state index in [-0.39, 0.29) is 24.4 Å². The van der Waals surface area contributed by atoms with Crippen molar-refractivity contribution in [2.24, 2.45) is 0 Å². The maximum absolute atomic E-state index is 13.2. The second kappa shape index (κ2) is 11.4. The van der Waals surface area contributed by atoms with Gasteiger partial charge < -0.3 is 39.9 Å². The van der Waals surface area contributed by atoms with Crippen LogP contribution in [0.25, 0.3) is 0 Å². The molecular formula is C28H33NO9S. The van der Waals surface area contributed by atoms with Gasteiger partial charge in [-0.25, -0.2) is 0 Å². The summed E-state index contributed by atoms with van der Waals surface area (Å²) in [5.74, 6) is -3.22. The highest BCUT2D eigenvalue weighted by molar-refractivity contribution is 8.00. The Labute approximate surface area is 230 Å². The lowest BCUT2D eigenvalue weighted by Gasteiger charge is -2.45. The van der Waals surface area contributed by atoms with Crippen LogP contribution in [0.5, 0.6) is 0 Å². The lowest BCUT2D eigenvalue weighted by molar-refractivity contribution is -0.357. The van der Waals surface area contributed by atoms with Crippen molar-refractivity contribution in [2.75, 3.05) is 13.2 Å². The average Bonchev–Trinajstić information content (AvgIpc) is 3.16. The number of benzene rings is 2. The van der Waals surface area contributed by atoms with Crippen LogP contribution in [-0.4, -0.2) is 84.8 Å². The molecule has 7 atom stereocenters. The summed E-state index contributed by atoms with van der Waals surface area (Å²) in [6, 6.07) is 13.0. The Kier molecular flexibility index (Phi) is 8.52. The number of aliphatic hydroxyl groups is 5. The minimum Gasteiger partial charge on any atom is -0.445 e. The molecule has 0 saturated carbocycles. The van der Waals surface area contributed by atoms with E-state index < -0.39 is 53.8 Å². The van der Waals surface area contributed by atoms with E-state index in [1.165, 1.54) is 30.8 Å². The van der Waals surface area contributed by atoms with Gasteiger partial charge in [-0.15, -0.1) is 6.58 Å². The number of aliphatic hydroxyl groups excluding tert-OH is 4. The number of carbonyl (C=O) groups excluding carboxylic acids is 2. The molecule has 0 radical (unpaired) electrons. The van der Waals surface area contributed by atoms with E-state index in [4.69, 9.17) is 9.47 Å². The van der Waals surface area contributed by atoms with E-state index in [1.807, 2.05) is 31.2 Å². The van der Waals surface area contributed by atoms with Crippen LogP contribution < -0.4 is 0 Å². The number of amides is 1. The van der Waals surface area contributed by atoms with Crippen molar-refractivity contribution in [2.45, 2.75) is 66.3 Å². The van der Waals surface area contributed by atoms with Crippen molar-refractivity contribution in [1.82, 2.24) is 4.90 Å². The summed E-state index contributed by atoms with van der Waals surface area (Å²) in [6.45, 7) is 6.49. The Hall–Kier alpha value is -2.77. The van der Waals surface area contributed by atoms with E-state index in [2.05, 4.69) is 6.58 Å². The first kappa shape index (κ1) is 29.2. The minimum absolute atomic E-state index is 0.0482. The number of thioether (sulfide) groups is 1. The molecule has 2 heterocycles. The molecule has 0 bridgehead atoms. The zero-order valence-corrected chi connectivity index (χ0v) is 22.5. The molecule has 2 aliphatic heterocycles. The molecule has 10 nitrogen and oxygen atoms in total. The summed E-state index contributed by atoms with van der Waals surface area (Å²) in [5, 5.41) is 51.5. The lowest BCUT2D eigenvalue weighted by atomic mass is 9.87. The van der Waals surface area contributed by atoms with Crippen LogP contribution in [0.3, 0.4) is 0 Å². The summed E-state index contributed by atoms with van der Waals surface area (Å²) >= 11 is 1.27. The molecule has 210 valence electrons. The Morgan fingerprint density at radius 2 is 1.79 bits per heavy atom. The Morgan fingerprint density at radius 1 is 1.15 bits per heavy atom. The first-order chi connectivity index (χ1) is 18.5. The number of rotatable bonds is 8. The molecular weight excluding hydrogens is 526 g/mol. The van der Waals surface area contributed by atoms with Gasteiger partial charge in [-0.2, -0.15) is 0 Å². The smallest absolute Gasteiger partial charge is 0.304 e. The van der Waals surface area contributed by atoms with E-state index in [1.54, 1.807) is 23.1 Å². The first-order valence-corrected chi connectivity index (χ1v) is 13.3. The molecule has 39 heavy (non-hydrogen) atoms. The molecule has 4 rings (SSSR count). The zero-order valence-electron chi connectivity index (χ0n) is 21.6. The van der Waals surface area contributed by atoms with E-state index in [9.17, 15) is 35.1 Å². The summed E-state index contributed by atoms with van der Waals surface area (Å²) in [6.07, 6.45) is -5.14. The van der Waals surface area contributed by atoms with Crippen molar-refractivity contribution in [1.29, 1.82) is 0 Å². The van der Waals surface area contributed by atoms with Crippen LogP contribution >= 0.6 is 11.8 Å².